The summed E-state index contributed by atoms with van der Waals surface area (Å²) < 4.78 is 5.44. The number of morpholine rings is 1. The molecule has 0 amide bonds. The summed E-state index contributed by atoms with van der Waals surface area (Å²) in [7, 11) is 3.92. The van der Waals surface area contributed by atoms with Crippen LogP contribution in [0.2, 0.25) is 0 Å². The number of nitrogens with one attached hydrogen (secondary N) is 1. The van der Waals surface area contributed by atoms with Gasteiger partial charge in [0.15, 0.2) is 5.96 Å². The van der Waals surface area contributed by atoms with E-state index >= 15 is 0 Å². The van der Waals surface area contributed by atoms with Gasteiger partial charge in [-0.25, -0.2) is 0 Å². The van der Waals surface area contributed by atoms with Crippen LogP contribution in [-0.2, 0) is 24.4 Å². The third-order valence-electron chi connectivity index (χ3n) is 5.19. The van der Waals surface area contributed by atoms with Crippen molar-refractivity contribution in [1.29, 1.82) is 0 Å². The molecule has 2 aromatic carbocycles. The molecule has 0 unspecified atom stereocenters. The fraction of sp³-hybridized carbons (Fsp3) is 0.435. The Morgan fingerprint density at radius 1 is 1.10 bits per heavy atom. The van der Waals surface area contributed by atoms with E-state index in [1.807, 2.05) is 7.05 Å². The van der Waals surface area contributed by atoms with Gasteiger partial charge in [-0.3, -0.25) is 9.89 Å². The predicted molar refractivity (Wildman–Crippen MR) is 131 cm³/mol. The summed E-state index contributed by atoms with van der Waals surface area (Å²) in [5, 5.41) is 3.50. The highest BCUT2D eigenvalue weighted by atomic mass is 127. The van der Waals surface area contributed by atoms with Gasteiger partial charge in [0.2, 0.25) is 0 Å². The summed E-state index contributed by atoms with van der Waals surface area (Å²) in [6.45, 7) is 8.44. The highest BCUT2D eigenvalue weighted by Crippen LogP contribution is 2.11. The third kappa shape index (κ3) is 7.28. The molecule has 0 radical (unpaired) electrons. The minimum Gasteiger partial charge on any atom is -0.379 e. The SMILES string of the molecule is CN=C(NCc1cccc(CN2CCOCC2)c1)N(C)Cc1ccccc1C.I. The fourth-order valence-electron chi connectivity index (χ4n) is 3.54. The number of nitrogens with zero attached hydrogens (tertiary/aromatic N) is 3. The molecule has 158 valence electrons. The maximum absolute atomic E-state index is 5.44. The van der Waals surface area contributed by atoms with Crippen LogP contribution in [-0.4, -0.2) is 56.2 Å². The van der Waals surface area contributed by atoms with Gasteiger partial charge in [-0.15, -0.1) is 24.0 Å². The molecule has 0 aliphatic carbocycles. The maximum atomic E-state index is 5.44. The maximum Gasteiger partial charge on any atom is 0.193 e. The van der Waals surface area contributed by atoms with Gasteiger partial charge in [-0.1, -0.05) is 48.5 Å². The van der Waals surface area contributed by atoms with E-state index in [1.54, 1.807) is 0 Å². The van der Waals surface area contributed by atoms with Crippen LogP contribution >= 0.6 is 24.0 Å². The van der Waals surface area contributed by atoms with E-state index in [9.17, 15) is 0 Å². The lowest BCUT2D eigenvalue weighted by molar-refractivity contribution is 0.0342. The summed E-state index contributed by atoms with van der Waals surface area (Å²) in [4.78, 5) is 9.07. The molecule has 5 nitrogen and oxygen atoms in total. The van der Waals surface area contributed by atoms with Crippen molar-refractivity contribution in [3.8, 4) is 0 Å². The summed E-state index contributed by atoms with van der Waals surface area (Å²) in [6, 6.07) is 17.3. The van der Waals surface area contributed by atoms with Gasteiger partial charge in [0.25, 0.3) is 0 Å². The minimum absolute atomic E-state index is 0. The summed E-state index contributed by atoms with van der Waals surface area (Å²) in [5.41, 5.74) is 5.25. The van der Waals surface area contributed by atoms with Crippen molar-refractivity contribution >= 4 is 29.9 Å². The number of halogens is 1. The average Bonchev–Trinajstić information content (AvgIpc) is 2.71. The molecule has 0 saturated carbocycles. The summed E-state index contributed by atoms with van der Waals surface area (Å²) in [5.74, 6) is 0.904. The zero-order valence-corrected chi connectivity index (χ0v) is 20.1. The number of benzene rings is 2. The van der Waals surface area contributed by atoms with Gasteiger partial charge >= 0.3 is 0 Å². The van der Waals surface area contributed by atoms with E-state index in [1.165, 1.54) is 22.3 Å². The highest BCUT2D eigenvalue weighted by Gasteiger charge is 2.11. The first-order valence-corrected chi connectivity index (χ1v) is 10.00. The second-order valence-electron chi connectivity index (χ2n) is 7.39. The average molecular weight is 508 g/mol. The molecule has 0 bridgehead atoms. The molecule has 2 aromatic rings. The van der Waals surface area contributed by atoms with E-state index in [0.29, 0.717) is 0 Å². The molecule has 1 saturated heterocycles. The molecule has 1 N–H and O–H groups in total. The number of rotatable bonds is 6. The van der Waals surface area contributed by atoms with E-state index in [0.717, 1.165) is 51.9 Å². The monoisotopic (exact) mass is 508 g/mol. The van der Waals surface area contributed by atoms with Crippen LogP contribution in [0.3, 0.4) is 0 Å². The van der Waals surface area contributed by atoms with Crippen molar-refractivity contribution in [3.63, 3.8) is 0 Å². The number of ether oxygens (including phenoxy) is 1. The lowest BCUT2D eigenvalue weighted by atomic mass is 10.1. The summed E-state index contributed by atoms with van der Waals surface area (Å²) in [6.07, 6.45) is 0. The molecule has 1 heterocycles. The molecule has 1 aliphatic rings. The fourth-order valence-corrected chi connectivity index (χ4v) is 3.54. The molecule has 1 aliphatic heterocycles. The second kappa shape index (κ2) is 12.1. The first-order valence-electron chi connectivity index (χ1n) is 10.00. The van der Waals surface area contributed by atoms with Gasteiger partial charge in [0.05, 0.1) is 13.2 Å². The highest BCUT2D eigenvalue weighted by molar-refractivity contribution is 14.0. The Kier molecular flexibility index (Phi) is 9.90. The number of hydrogen-bond acceptors (Lipinski definition) is 3. The lowest BCUT2D eigenvalue weighted by Crippen LogP contribution is -2.38. The van der Waals surface area contributed by atoms with Crippen LogP contribution in [0.5, 0.6) is 0 Å². The Morgan fingerprint density at radius 2 is 1.83 bits per heavy atom. The summed E-state index contributed by atoms with van der Waals surface area (Å²) >= 11 is 0. The van der Waals surface area contributed by atoms with Crippen LogP contribution in [0.4, 0.5) is 0 Å². The second-order valence-corrected chi connectivity index (χ2v) is 7.39. The number of aryl methyl sites for hydroxylation is 1. The minimum atomic E-state index is 0. The van der Waals surface area contributed by atoms with E-state index in [2.05, 4.69) is 82.6 Å². The van der Waals surface area contributed by atoms with Gasteiger partial charge in [0, 0.05) is 46.8 Å². The van der Waals surface area contributed by atoms with Crippen LogP contribution < -0.4 is 5.32 Å². The molecular formula is C23H33IN4O. The standard InChI is InChI=1S/C23H32N4O.HI/c1-19-7-4-5-10-22(19)18-26(3)23(24-2)25-16-20-8-6-9-21(15-20)17-27-11-13-28-14-12-27;/h4-10,15H,11-14,16-18H2,1-3H3,(H,24,25);1H. The number of hydrogen-bond donors (Lipinski definition) is 1. The molecule has 0 aromatic heterocycles. The van der Waals surface area contributed by atoms with Crippen LogP contribution in [0.1, 0.15) is 22.3 Å². The van der Waals surface area contributed by atoms with Crippen molar-refractivity contribution in [2.45, 2.75) is 26.6 Å². The normalized spacial score (nSPS) is 14.9. The predicted octanol–water partition coefficient (Wildman–Crippen LogP) is 3.65. The lowest BCUT2D eigenvalue weighted by Gasteiger charge is -2.26. The van der Waals surface area contributed by atoms with Crippen LogP contribution in [0.25, 0.3) is 0 Å². The topological polar surface area (TPSA) is 40.1 Å². The molecule has 3 rings (SSSR count). The van der Waals surface area contributed by atoms with Gasteiger partial charge in [-0.05, 0) is 29.2 Å². The third-order valence-corrected chi connectivity index (χ3v) is 5.19. The molecule has 1 fully saturated rings. The van der Waals surface area contributed by atoms with Crippen molar-refractivity contribution in [2.75, 3.05) is 40.4 Å². The Hall–Kier alpha value is -1.64. The van der Waals surface area contributed by atoms with Crippen LogP contribution in [0.15, 0.2) is 53.5 Å². The Bertz CT molecular complexity index is 790. The largest absolute Gasteiger partial charge is 0.379 e. The first-order chi connectivity index (χ1) is 13.7. The first kappa shape index (κ1) is 23.6. The van der Waals surface area contributed by atoms with Crippen molar-refractivity contribution < 1.29 is 4.74 Å². The van der Waals surface area contributed by atoms with Crippen molar-refractivity contribution in [1.82, 2.24) is 15.1 Å². The molecule has 6 heteroatoms. The Labute approximate surface area is 192 Å². The zero-order chi connectivity index (χ0) is 19.8. The molecular weight excluding hydrogens is 475 g/mol. The molecule has 29 heavy (non-hydrogen) atoms. The molecule has 0 spiro atoms. The Balaban J connectivity index is 0.00000300. The quantitative estimate of drug-likeness (QED) is 0.368. The van der Waals surface area contributed by atoms with Gasteiger partial charge in [-0.2, -0.15) is 0 Å². The van der Waals surface area contributed by atoms with Crippen LogP contribution in [0, 0.1) is 6.92 Å². The Morgan fingerprint density at radius 3 is 2.55 bits per heavy atom. The molecule has 0 atom stereocenters. The number of guanidine groups is 1. The smallest absolute Gasteiger partial charge is 0.193 e. The zero-order valence-electron chi connectivity index (χ0n) is 17.7. The number of aliphatic imine (C=N–C) groups is 1. The van der Waals surface area contributed by atoms with Crippen molar-refractivity contribution in [3.05, 3.63) is 70.8 Å². The van der Waals surface area contributed by atoms with Crippen molar-refractivity contribution in [2.24, 2.45) is 4.99 Å². The van der Waals surface area contributed by atoms with E-state index in [4.69, 9.17) is 4.74 Å². The van der Waals surface area contributed by atoms with E-state index in [-0.39, 0.29) is 24.0 Å². The van der Waals surface area contributed by atoms with Gasteiger partial charge < -0.3 is 15.0 Å². The van der Waals surface area contributed by atoms with E-state index < -0.39 is 0 Å². The van der Waals surface area contributed by atoms with Gasteiger partial charge in [0.1, 0.15) is 0 Å².